The molecule has 0 saturated heterocycles. The summed E-state index contributed by atoms with van der Waals surface area (Å²) in [5.41, 5.74) is 2.81. The first-order chi connectivity index (χ1) is 11.4. The molecule has 1 aromatic carbocycles. The number of carboxylic acids is 1. The number of phenolic OH excluding ortho intramolecular Hbond substituents is 1. The van der Waals surface area contributed by atoms with Gasteiger partial charge in [-0.25, -0.2) is 4.79 Å². The number of benzene rings is 1. The number of aliphatic carboxylic acids is 1. The van der Waals surface area contributed by atoms with E-state index in [4.69, 9.17) is 0 Å². The van der Waals surface area contributed by atoms with E-state index in [1.165, 1.54) is 0 Å². The minimum atomic E-state index is -1.37. The minimum absolute atomic E-state index is 0.294. The smallest absolute Gasteiger partial charge is 0.372 e. The highest BCUT2D eigenvalue weighted by atomic mass is 16.4. The summed E-state index contributed by atoms with van der Waals surface area (Å²) in [5, 5.41) is 20.3. The lowest BCUT2D eigenvalue weighted by Gasteiger charge is -2.32. The van der Waals surface area contributed by atoms with Crippen molar-refractivity contribution in [3.63, 3.8) is 0 Å². The minimum Gasteiger partial charge on any atom is -0.507 e. The zero-order valence-electron chi connectivity index (χ0n) is 16.2. The van der Waals surface area contributed by atoms with Gasteiger partial charge in [0.1, 0.15) is 5.75 Å². The second-order valence-corrected chi connectivity index (χ2v) is 9.18. The molecule has 1 aromatic rings. The molecule has 0 aromatic heterocycles. The summed E-state index contributed by atoms with van der Waals surface area (Å²) in [6, 6.07) is 1.89. The Labute approximate surface area is 150 Å². The van der Waals surface area contributed by atoms with Crippen LogP contribution in [0.2, 0.25) is 0 Å². The van der Waals surface area contributed by atoms with Gasteiger partial charge in [-0.3, -0.25) is 4.79 Å². The van der Waals surface area contributed by atoms with E-state index in [1.54, 1.807) is 0 Å². The van der Waals surface area contributed by atoms with E-state index in [-0.39, 0.29) is 10.8 Å². The third-order valence-electron chi connectivity index (χ3n) is 5.07. The highest BCUT2D eigenvalue weighted by molar-refractivity contribution is 6.35. The molecule has 138 valence electrons. The van der Waals surface area contributed by atoms with E-state index in [9.17, 15) is 19.8 Å². The maximum absolute atomic E-state index is 12.4. The molecule has 1 aliphatic rings. The monoisotopic (exact) mass is 346 g/mol. The van der Waals surface area contributed by atoms with Crippen LogP contribution >= 0.6 is 0 Å². The summed E-state index contributed by atoms with van der Waals surface area (Å²) in [6.07, 6.45) is 3.03. The second kappa shape index (κ2) is 6.47. The Morgan fingerprint density at radius 2 is 1.64 bits per heavy atom. The summed E-state index contributed by atoms with van der Waals surface area (Å²) < 4.78 is 0. The number of carbonyl (C=O) groups is 2. The second-order valence-electron chi connectivity index (χ2n) is 9.18. The quantitative estimate of drug-likeness (QED) is 0.613. The van der Waals surface area contributed by atoms with Gasteiger partial charge in [-0.1, -0.05) is 54.0 Å². The Morgan fingerprint density at radius 1 is 1.04 bits per heavy atom. The number of carbonyl (C=O) groups excluding carboxylic acids is 1. The predicted octanol–water partition coefficient (Wildman–Crippen LogP) is 4.45. The van der Waals surface area contributed by atoms with E-state index in [2.05, 4.69) is 0 Å². The molecule has 0 radical (unpaired) electrons. The molecule has 0 fully saturated rings. The summed E-state index contributed by atoms with van der Waals surface area (Å²) >= 11 is 0. The van der Waals surface area contributed by atoms with Crippen molar-refractivity contribution in [2.24, 2.45) is 0 Å². The van der Waals surface area contributed by atoms with E-state index in [0.29, 0.717) is 12.2 Å². The molecule has 2 rings (SSSR count). The van der Waals surface area contributed by atoms with E-state index < -0.39 is 17.7 Å². The number of hydrogen-bond donors (Lipinski definition) is 2. The first-order valence-corrected chi connectivity index (χ1v) is 9.02. The van der Waals surface area contributed by atoms with Crippen molar-refractivity contribution in [1.29, 1.82) is 0 Å². The Kier molecular flexibility index (Phi) is 5.04. The zero-order chi connectivity index (χ0) is 19.2. The largest absolute Gasteiger partial charge is 0.507 e. The molecule has 1 unspecified atom stereocenters. The van der Waals surface area contributed by atoms with Crippen LogP contribution < -0.4 is 0 Å². The average molecular weight is 346 g/mol. The maximum atomic E-state index is 12.4. The van der Waals surface area contributed by atoms with Crippen molar-refractivity contribution < 1.29 is 19.8 Å². The van der Waals surface area contributed by atoms with Crippen LogP contribution in [0.4, 0.5) is 0 Å². The Morgan fingerprint density at radius 3 is 2.12 bits per heavy atom. The summed E-state index contributed by atoms with van der Waals surface area (Å²) in [7, 11) is 0. The van der Waals surface area contributed by atoms with Crippen LogP contribution in [-0.4, -0.2) is 22.0 Å². The molecule has 0 saturated carbocycles. The number of hydrogen-bond acceptors (Lipinski definition) is 3. The van der Waals surface area contributed by atoms with Gasteiger partial charge in [0.15, 0.2) is 0 Å². The van der Waals surface area contributed by atoms with Gasteiger partial charge < -0.3 is 10.2 Å². The third-order valence-corrected chi connectivity index (χ3v) is 5.07. The molecule has 2 N–H and O–H groups in total. The molecule has 1 atom stereocenters. The fourth-order valence-electron chi connectivity index (χ4n) is 3.92. The SMILES string of the molecule is CC(C)(C)c1cc2c(c(C(C)(C)C)c1O)CCCCC2C(=O)C(=O)O. The fourth-order valence-corrected chi connectivity index (χ4v) is 3.92. The Hall–Kier alpha value is -1.84. The summed E-state index contributed by atoms with van der Waals surface area (Å²) in [5.74, 6) is -2.45. The molecule has 1 aliphatic carbocycles. The number of aromatic hydroxyl groups is 1. The molecule has 0 heterocycles. The molecular formula is C21H30O4. The molecule has 0 bridgehead atoms. The Balaban J connectivity index is 2.86. The Bertz CT molecular complexity index is 702. The number of phenols is 1. The van der Waals surface area contributed by atoms with Crippen LogP contribution in [0.1, 0.15) is 89.0 Å². The van der Waals surface area contributed by atoms with E-state index in [1.807, 2.05) is 47.6 Å². The first kappa shape index (κ1) is 19.5. The average Bonchev–Trinajstić information content (AvgIpc) is 2.64. The summed E-state index contributed by atoms with van der Waals surface area (Å²) in [6.45, 7) is 12.2. The molecular weight excluding hydrogens is 316 g/mol. The van der Waals surface area contributed by atoms with Crippen LogP contribution in [0.3, 0.4) is 0 Å². The lowest BCUT2D eigenvalue weighted by atomic mass is 9.73. The molecule has 0 aliphatic heterocycles. The van der Waals surface area contributed by atoms with Gasteiger partial charge in [-0.05, 0) is 46.8 Å². The molecule has 25 heavy (non-hydrogen) atoms. The molecule has 0 spiro atoms. The van der Waals surface area contributed by atoms with Crippen molar-refractivity contribution in [3.8, 4) is 5.75 Å². The lowest BCUT2D eigenvalue weighted by molar-refractivity contribution is -0.149. The number of Topliss-reactive ketones (excluding diaryl/α,β-unsaturated/α-hetero) is 1. The van der Waals surface area contributed by atoms with Gasteiger partial charge in [0.2, 0.25) is 5.78 Å². The van der Waals surface area contributed by atoms with Crippen molar-refractivity contribution in [2.45, 2.75) is 84.0 Å². The number of ketones is 1. The van der Waals surface area contributed by atoms with Crippen LogP contribution in [0.15, 0.2) is 6.07 Å². The highest BCUT2D eigenvalue weighted by Crippen LogP contribution is 2.46. The van der Waals surface area contributed by atoms with Gasteiger partial charge >= 0.3 is 5.97 Å². The van der Waals surface area contributed by atoms with Gasteiger partial charge in [0.25, 0.3) is 0 Å². The maximum Gasteiger partial charge on any atom is 0.372 e. The molecule has 4 heteroatoms. The van der Waals surface area contributed by atoms with E-state index in [0.717, 1.165) is 41.5 Å². The van der Waals surface area contributed by atoms with Crippen molar-refractivity contribution in [3.05, 3.63) is 28.3 Å². The van der Waals surface area contributed by atoms with Crippen molar-refractivity contribution in [1.82, 2.24) is 0 Å². The topological polar surface area (TPSA) is 74.6 Å². The number of rotatable bonds is 2. The fraction of sp³-hybridized carbons (Fsp3) is 0.619. The van der Waals surface area contributed by atoms with Crippen LogP contribution in [-0.2, 0) is 26.8 Å². The van der Waals surface area contributed by atoms with Crippen LogP contribution in [0, 0.1) is 0 Å². The van der Waals surface area contributed by atoms with Gasteiger partial charge in [-0.2, -0.15) is 0 Å². The molecule has 4 nitrogen and oxygen atoms in total. The lowest BCUT2D eigenvalue weighted by Crippen LogP contribution is -2.25. The first-order valence-electron chi connectivity index (χ1n) is 9.02. The molecule has 0 amide bonds. The predicted molar refractivity (Wildman–Crippen MR) is 98.4 cm³/mol. The van der Waals surface area contributed by atoms with Crippen molar-refractivity contribution in [2.75, 3.05) is 0 Å². The van der Waals surface area contributed by atoms with E-state index >= 15 is 0 Å². The third kappa shape index (κ3) is 3.73. The standard InChI is InChI=1S/C21H30O4/c1-20(2,3)15-11-14-12(16(18(15)23)21(4,5)6)9-7-8-10-13(14)17(22)19(24)25/h11,13,23H,7-10H2,1-6H3,(H,24,25). The van der Waals surface area contributed by atoms with Crippen LogP contribution in [0.25, 0.3) is 0 Å². The normalized spacial score (nSPS) is 18.4. The van der Waals surface area contributed by atoms with Gasteiger partial charge in [0, 0.05) is 5.56 Å². The van der Waals surface area contributed by atoms with Gasteiger partial charge in [-0.15, -0.1) is 0 Å². The van der Waals surface area contributed by atoms with Gasteiger partial charge in [0.05, 0.1) is 5.92 Å². The highest BCUT2D eigenvalue weighted by Gasteiger charge is 2.36. The summed E-state index contributed by atoms with van der Waals surface area (Å²) in [4.78, 5) is 23.7. The van der Waals surface area contributed by atoms with Crippen LogP contribution in [0.5, 0.6) is 5.75 Å². The van der Waals surface area contributed by atoms with Crippen molar-refractivity contribution >= 4 is 11.8 Å². The number of carboxylic acid groups (broad SMARTS) is 1. The zero-order valence-corrected chi connectivity index (χ0v) is 16.2. The number of fused-ring (bicyclic) bond motifs is 1.